The predicted octanol–water partition coefficient (Wildman–Crippen LogP) is 1.68. The van der Waals surface area contributed by atoms with Crippen molar-refractivity contribution in [2.24, 2.45) is 0 Å². The van der Waals surface area contributed by atoms with Crippen molar-refractivity contribution in [2.45, 2.75) is 32.8 Å². The normalized spacial score (nSPS) is 21.2. The summed E-state index contributed by atoms with van der Waals surface area (Å²) < 4.78 is 6.00. The number of nitrogens with zero attached hydrogens (tertiary/aromatic N) is 1. The Morgan fingerprint density at radius 1 is 1.65 bits per heavy atom. The first-order valence-corrected chi connectivity index (χ1v) is 6.62. The molecule has 0 spiro atoms. The van der Waals surface area contributed by atoms with Gasteiger partial charge in [-0.3, -0.25) is 4.90 Å². The van der Waals surface area contributed by atoms with Gasteiger partial charge < -0.3 is 9.84 Å². The van der Waals surface area contributed by atoms with E-state index in [9.17, 15) is 9.90 Å². The second kappa shape index (κ2) is 5.98. The van der Waals surface area contributed by atoms with Gasteiger partial charge in [0.1, 0.15) is 0 Å². The van der Waals surface area contributed by atoms with Gasteiger partial charge in [-0.15, -0.1) is 0 Å². The summed E-state index contributed by atoms with van der Waals surface area (Å²) in [5.41, 5.74) is -0.105. The molecule has 0 bridgehead atoms. The first-order valence-electron chi connectivity index (χ1n) is 5.83. The molecule has 1 N–H and O–H groups in total. The first-order chi connectivity index (χ1) is 7.86. The summed E-state index contributed by atoms with van der Waals surface area (Å²) in [5.74, 6) is -0.553. The summed E-state index contributed by atoms with van der Waals surface area (Å²) >= 11 is 3.51. The number of hydrogen-bond acceptors (Lipinski definition) is 4. The van der Waals surface area contributed by atoms with Crippen LogP contribution in [0, 0.1) is 0 Å². The Labute approximate surface area is 111 Å². The van der Waals surface area contributed by atoms with E-state index in [-0.39, 0.29) is 6.61 Å². The van der Waals surface area contributed by atoms with Gasteiger partial charge in [-0.2, -0.15) is 0 Å². The van der Waals surface area contributed by atoms with Crippen LogP contribution in [0.15, 0.2) is 10.1 Å². The monoisotopic (exact) mass is 305 g/mol. The molecule has 1 rings (SSSR count). The zero-order valence-electron chi connectivity index (χ0n) is 10.6. The molecule has 1 aliphatic heterocycles. The van der Waals surface area contributed by atoms with Gasteiger partial charge in [-0.1, -0.05) is 21.5 Å². The third-order valence-corrected chi connectivity index (χ3v) is 3.80. The fraction of sp³-hybridized carbons (Fsp3) is 0.750. The molecule has 0 radical (unpaired) electrons. The average Bonchev–Trinajstić information content (AvgIpc) is 2.23. The number of rotatable bonds is 4. The van der Waals surface area contributed by atoms with E-state index in [1.54, 1.807) is 6.92 Å². The molecule has 0 aromatic heterocycles. The number of aliphatic hydroxyl groups is 1. The van der Waals surface area contributed by atoms with Gasteiger partial charge in [0.15, 0.2) is 5.60 Å². The molecule has 17 heavy (non-hydrogen) atoms. The fourth-order valence-electron chi connectivity index (χ4n) is 1.79. The van der Waals surface area contributed by atoms with E-state index in [1.807, 2.05) is 4.90 Å². The second-order valence-corrected chi connectivity index (χ2v) is 5.60. The predicted molar refractivity (Wildman–Crippen MR) is 69.9 cm³/mol. The molecule has 5 heteroatoms. The number of carbonyl (C=O) groups is 1. The Kier molecular flexibility index (Phi) is 5.16. The van der Waals surface area contributed by atoms with Crippen LogP contribution in [0.25, 0.3) is 0 Å². The molecular weight excluding hydrogens is 286 g/mol. The van der Waals surface area contributed by atoms with Gasteiger partial charge in [0, 0.05) is 24.1 Å². The van der Waals surface area contributed by atoms with E-state index in [4.69, 9.17) is 4.74 Å². The zero-order valence-corrected chi connectivity index (χ0v) is 12.2. The van der Waals surface area contributed by atoms with E-state index in [0.29, 0.717) is 6.54 Å². The minimum atomic E-state index is -1.44. The van der Waals surface area contributed by atoms with Gasteiger partial charge in [-0.25, -0.2) is 4.79 Å². The van der Waals surface area contributed by atoms with E-state index in [2.05, 4.69) is 22.9 Å². The van der Waals surface area contributed by atoms with Gasteiger partial charge in [0.05, 0.1) is 6.61 Å². The molecule has 1 heterocycles. The summed E-state index contributed by atoms with van der Waals surface area (Å²) in [6.07, 6.45) is 0.958. The van der Waals surface area contributed by atoms with Gasteiger partial charge in [-0.05, 0) is 27.2 Å². The molecule has 1 aliphatic rings. The minimum absolute atomic E-state index is 0.289. The third-order valence-electron chi connectivity index (χ3n) is 2.88. The number of halogens is 1. The Balaban J connectivity index is 2.57. The molecule has 98 valence electrons. The summed E-state index contributed by atoms with van der Waals surface area (Å²) in [5, 5.41) is 10.1. The van der Waals surface area contributed by atoms with E-state index >= 15 is 0 Å². The largest absolute Gasteiger partial charge is 0.464 e. The van der Waals surface area contributed by atoms with Crippen LogP contribution in [0.3, 0.4) is 0 Å². The Morgan fingerprint density at radius 3 is 2.82 bits per heavy atom. The van der Waals surface area contributed by atoms with Crippen LogP contribution in [0.5, 0.6) is 0 Å². The maximum absolute atomic E-state index is 11.6. The molecule has 0 fully saturated rings. The van der Waals surface area contributed by atoms with Crippen LogP contribution in [0.4, 0.5) is 0 Å². The maximum Gasteiger partial charge on any atom is 0.339 e. The van der Waals surface area contributed by atoms with Crippen molar-refractivity contribution in [1.82, 2.24) is 4.90 Å². The van der Waals surface area contributed by atoms with Crippen LogP contribution in [-0.4, -0.2) is 47.8 Å². The highest BCUT2D eigenvalue weighted by atomic mass is 79.9. The smallest absolute Gasteiger partial charge is 0.339 e. The molecule has 0 saturated carbocycles. The molecule has 0 aliphatic carbocycles. The first kappa shape index (κ1) is 14.7. The highest BCUT2D eigenvalue weighted by Gasteiger charge is 2.34. The summed E-state index contributed by atoms with van der Waals surface area (Å²) in [7, 11) is 0. The molecule has 0 unspecified atom stereocenters. The molecule has 0 aromatic carbocycles. The summed E-state index contributed by atoms with van der Waals surface area (Å²) in [4.78, 5) is 13.6. The zero-order chi connectivity index (χ0) is 13.1. The van der Waals surface area contributed by atoms with Crippen molar-refractivity contribution in [3.63, 3.8) is 0 Å². The fourth-order valence-corrected chi connectivity index (χ4v) is 2.35. The minimum Gasteiger partial charge on any atom is -0.464 e. The lowest BCUT2D eigenvalue weighted by Gasteiger charge is -2.32. The highest BCUT2D eigenvalue weighted by Crippen LogP contribution is 2.23. The lowest BCUT2D eigenvalue weighted by atomic mass is 10.0. The Hall–Kier alpha value is -0.390. The Bertz CT molecular complexity index is 326. The molecular formula is C12H20BrNO3. The number of hydrogen-bond donors (Lipinski definition) is 1. The van der Waals surface area contributed by atoms with Crippen molar-refractivity contribution in [3.8, 4) is 0 Å². The van der Waals surface area contributed by atoms with Crippen molar-refractivity contribution >= 4 is 21.9 Å². The molecule has 0 amide bonds. The molecule has 0 aromatic rings. The van der Waals surface area contributed by atoms with E-state index < -0.39 is 11.6 Å². The van der Waals surface area contributed by atoms with Crippen molar-refractivity contribution in [1.29, 1.82) is 0 Å². The van der Waals surface area contributed by atoms with Crippen molar-refractivity contribution in [3.05, 3.63) is 10.1 Å². The van der Waals surface area contributed by atoms with Crippen LogP contribution >= 0.6 is 15.9 Å². The summed E-state index contributed by atoms with van der Waals surface area (Å²) in [6, 6.07) is 0. The standard InChI is InChI=1S/C12H20BrNO3/c1-4-17-11(15)12(3,16)8-14-6-5-9(2)10(13)7-14/h16H,4-8H2,1-3H3/t12-/m0/s1. The number of carbonyl (C=O) groups excluding carboxylic acids is 1. The average molecular weight is 306 g/mol. The van der Waals surface area contributed by atoms with Crippen LogP contribution < -0.4 is 0 Å². The van der Waals surface area contributed by atoms with Gasteiger partial charge in [0.25, 0.3) is 0 Å². The molecule has 1 atom stereocenters. The summed E-state index contributed by atoms with van der Waals surface area (Å²) in [6.45, 7) is 7.51. The van der Waals surface area contributed by atoms with Crippen molar-refractivity contribution in [2.75, 3.05) is 26.2 Å². The molecule has 4 nitrogen and oxygen atoms in total. The quantitative estimate of drug-likeness (QED) is 0.803. The van der Waals surface area contributed by atoms with Crippen molar-refractivity contribution < 1.29 is 14.6 Å². The number of ether oxygens (including phenoxy) is 1. The third kappa shape index (κ3) is 4.08. The van der Waals surface area contributed by atoms with Crippen LogP contribution in [-0.2, 0) is 9.53 Å². The van der Waals surface area contributed by atoms with E-state index in [0.717, 1.165) is 24.0 Å². The SMILES string of the molecule is CCOC(=O)[C@@](C)(O)CN1CCC(C)=C(Br)C1. The lowest BCUT2D eigenvalue weighted by Crippen LogP contribution is -2.49. The van der Waals surface area contributed by atoms with E-state index in [1.165, 1.54) is 12.5 Å². The lowest BCUT2D eigenvalue weighted by molar-refractivity contribution is -0.164. The topological polar surface area (TPSA) is 49.8 Å². The van der Waals surface area contributed by atoms with Crippen LogP contribution in [0.2, 0.25) is 0 Å². The van der Waals surface area contributed by atoms with Gasteiger partial charge >= 0.3 is 5.97 Å². The molecule has 0 saturated heterocycles. The number of β-amino-alcohol motifs (C(OH)–C–C–N with tert-alkyl or cyclic N) is 1. The van der Waals surface area contributed by atoms with Crippen LogP contribution in [0.1, 0.15) is 27.2 Å². The Morgan fingerprint density at radius 2 is 2.29 bits per heavy atom. The maximum atomic E-state index is 11.6. The number of esters is 1. The second-order valence-electron chi connectivity index (χ2n) is 4.64. The van der Waals surface area contributed by atoms with Gasteiger partial charge in [0.2, 0.25) is 0 Å². The highest BCUT2D eigenvalue weighted by molar-refractivity contribution is 9.11.